The van der Waals surface area contributed by atoms with Crippen LogP contribution < -0.4 is 5.48 Å². The van der Waals surface area contributed by atoms with Crippen LogP contribution in [0.4, 0.5) is 0 Å². The van der Waals surface area contributed by atoms with Gasteiger partial charge in [0.05, 0.1) is 5.02 Å². The van der Waals surface area contributed by atoms with E-state index in [2.05, 4.69) is 0 Å². The Morgan fingerprint density at radius 2 is 1.71 bits per heavy atom. The molecule has 0 unspecified atom stereocenters. The Kier molecular flexibility index (Phi) is 3.37. The number of hydroxylamine groups is 1. The van der Waals surface area contributed by atoms with Crippen LogP contribution >= 0.6 is 11.6 Å². The highest BCUT2D eigenvalue weighted by Crippen LogP contribution is 2.35. The Balaban J connectivity index is 3.43. The fourth-order valence-corrected chi connectivity index (χ4v) is 1.71. The zero-order chi connectivity index (χ0) is 10.9. The van der Waals surface area contributed by atoms with Gasteiger partial charge in [0.25, 0.3) is 0 Å². The van der Waals surface area contributed by atoms with Crippen LogP contribution in [-0.4, -0.2) is 10.3 Å². The van der Waals surface area contributed by atoms with Crippen molar-refractivity contribution in [1.29, 1.82) is 0 Å². The maximum absolute atomic E-state index is 9.73. The van der Waals surface area contributed by atoms with Crippen LogP contribution in [0.3, 0.4) is 0 Å². The summed E-state index contributed by atoms with van der Waals surface area (Å²) in [5.74, 6) is 0.0498. The molecule has 0 saturated carbocycles. The first-order chi connectivity index (χ1) is 6.50. The molecule has 3 N–H and O–H groups in total. The molecule has 0 aliphatic heterocycles. The minimum atomic E-state index is 0.0498. The van der Waals surface area contributed by atoms with Gasteiger partial charge in [0.2, 0.25) is 0 Å². The molecule has 14 heavy (non-hydrogen) atoms. The van der Waals surface area contributed by atoms with Crippen LogP contribution in [-0.2, 0) is 6.54 Å². The maximum atomic E-state index is 9.73. The predicted molar refractivity (Wildman–Crippen MR) is 56.0 cm³/mol. The third kappa shape index (κ3) is 1.71. The summed E-state index contributed by atoms with van der Waals surface area (Å²) in [7, 11) is 0. The highest BCUT2D eigenvalue weighted by atomic mass is 35.5. The summed E-state index contributed by atoms with van der Waals surface area (Å²) in [4.78, 5) is 0. The predicted octanol–water partition coefficient (Wildman–Crippen LogP) is 2.45. The van der Waals surface area contributed by atoms with Crippen LogP contribution in [0.2, 0.25) is 5.02 Å². The second kappa shape index (κ2) is 4.17. The molecule has 0 aliphatic rings. The Labute approximate surface area is 88.3 Å². The third-order valence-electron chi connectivity index (χ3n) is 2.66. The smallest absolute Gasteiger partial charge is 0.139 e. The van der Waals surface area contributed by atoms with Crippen molar-refractivity contribution in [2.45, 2.75) is 27.3 Å². The van der Waals surface area contributed by atoms with Gasteiger partial charge in [0.15, 0.2) is 0 Å². The van der Waals surface area contributed by atoms with Crippen molar-refractivity contribution >= 4 is 11.6 Å². The number of phenolic OH excluding ortho intramolecular Hbond substituents is 1. The van der Waals surface area contributed by atoms with Crippen molar-refractivity contribution in [2.24, 2.45) is 0 Å². The van der Waals surface area contributed by atoms with Gasteiger partial charge in [-0.3, -0.25) is 0 Å². The Morgan fingerprint density at radius 1 is 1.14 bits per heavy atom. The number of hydrogen-bond acceptors (Lipinski definition) is 3. The van der Waals surface area contributed by atoms with E-state index in [9.17, 15) is 5.11 Å². The lowest BCUT2D eigenvalue weighted by atomic mass is 9.97. The molecule has 3 nitrogen and oxygen atoms in total. The van der Waals surface area contributed by atoms with E-state index in [4.69, 9.17) is 16.8 Å². The van der Waals surface area contributed by atoms with Gasteiger partial charge >= 0.3 is 0 Å². The molecule has 0 fully saturated rings. The normalized spacial score (nSPS) is 10.6. The molecule has 0 spiro atoms. The first-order valence-electron chi connectivity index (χ1n) is 4.34. The minimum absolute atomic E-state index is 0.0498. The zero-order valence-electron chi connectivity index (χ0n) is 8.48. The number of rotatable bonds is 2. The van der Waals surface area contributed by atoms with E-state index in [1.807, 2.05) is 26.3 Å². The third-order valence-corrected chi connectivity index (χ3v) is 3.12. The maximum Gasteiger partial charge on any atom is 0.139 e. The lowest BCUT2D eigenvalue weighted by molar-refractivity contribution is 0.160. The SMILES string of the molecule is Cc1c(C)c(Cl)c(O)c(CNO)c1C. The van der Waals surface area contributed by atoms with Gasteiger partial charge < -0.3 is 10.3 Å². The van der Waals surface area contributed by atoms with Crippen LogP contribution in [0.15, 0.2) is 0 Å². The Morgan fingerprint density at radius 3 is 2.21 bits per heavy atom. The lowest BCUT2D eigenvalue weighted by Gasteiger charge is -2.15. The molecule has 1 rings (SSSR count). The van der Waals surface area contributed by atoms with Gasteiger partial charge in [0.1, 0.15) is 5.75 Å². The average Bonchev–Trinajstić information content (AvgIpc) is 2.19. The molecule has 78 valence electrons. The molecular formula is C10H14ClNO2. The molecule has 0 aliphatic carbocycles. The summed E-state index contributed by atoms with van der Waals surface area (Å²) in [5.41, 5.74) is 5.53. The standard InChI is InChI=1S/C10H14ClNO2/c1-5-6(2)8(4-12-14)10(13)9(11)7(5)3/h12-14H,4H2,1-3H3. The van der Waals surface area contributed by atoms with Crippen molar-refractivity contribution in [2.75, 3.05) is 0 Å². The second-order valence-corrected chi connectivity index (χ2v) is 3.73. The van der Waals surface area contributed by atoms with E-state index in [0.29, 0.717) is 10.6 Å². The van der Waals surface area contributed by atoms with Crippen LogP contribution in [0.5, 0.6) is 5.75 Å². The van der Waals surface area contributed by atoms with Crippen molar-refractivity contribution in [3.63, 3.8) is 0 Å². The van der Waals surface area contributed by atoms with E-state index in [-0.39, 0.29) is 12.3 Å². The molecular weight excluding hydrogens is 202 g/mol. The van der Waals surface area contributed by atoms with Gasteiger partial charge in [-0.05, 0) is 37.5 Å². The van der Waals surface area contributed by atoms with Gasteiger partial charge in [-0.15, -0.1) is 0 Å². The highest BCUT2D eigenvalue weighted by Gasteiger charge is 2.14. The van der Waals surface area contributed by atoms with Crippen LogP contribution in [0, 0.1) is 20.8 Å². The lowest BCUT2D eigenvalue weighted by Crippen LogP contribution is -2.09. The zero-order valence-corrected chi connectivity index (χ0v) is 9.24. The monoisotopic (exact) mass is 215 g/mol. The van der Waals surface area contributed by atoms with Crippen molar-refractivity contribution in [3.8, 4) is 5.75 Å². The summed E-state index contributed by atoms with van der Waals surface area (Å²) < 4.78 is 0. The minimum Gasteiger partial charge on any atom is -0.506 e. The molecule has 0 heterocycles. The Hall–Kier alpha value is -0.770. The van der Waals surface area contributed by atoms with Gasteiger partial charge in [-0.1, -0.05) is 11.6 Å². The quantitative estimate of drug-likeness (QED) is 0.665. The number of hydrogen-bond donors (Lipinski definition) is 3. The van der Waals surface area contributed by atoms with Gasteiger partial charge in [0, 0.05) is 12.1 Å². The van der Waals surface area contributed by atoms with Crippen LogP contribution in [0.1, 0.15) is 22.3 Å². The number of halogens is 1. The summed E-state index contributed by atoms with van der Waals surface area (Å²) in [6, 6.07) is 0. The van der Waals surface area contributed by atoms with E-state index in [1.165, 1.54) is 0 Å². The molecule has 0 amide bonds. The van der Waals surface area contributed by atoms with Crippen molar-refractivity contribution in [3.05, 3.63) is 27.3 Å². The summed E-state index contributed by atoms with van der Waals surface area (Å²) in [6.07, 6.45) is 0. The molecule has 0 bridgehead atoms. The van der Waals surface area contributed by atoms with Gasteiger partial charge in [-0.25, -0.2) is 5.48 Å². The van der Waals surface area contributed by atoms with Crippen molar-refractivity contribution < 1.29 is 10.3 Å². The first kappa shape index (κ1) is 11.3. The van der Waals surface area contributed by atoms with Gasteiger partial charge in [-0.2, -0.15) is 0 Å². The van der Waals surface area contributed by atoms with Crippen molar-refractivity contribution in [1.82, 2.24) is 5.48 Å². The average molecular weight is 216 g/mol. The molecule has 0 saturated heterocycles. The molecule has 4 heteroatoms. The van der Waals surface area contributed by atoms with E-state index >= 15 is 0 Å². The molecule has 0 aromatic heterocycles. The highest BCUT2D eigenvalue weighted by molar-refractivity contribution is 6.33. The number of phenols is 1. The van der Waals surface area contributed by atoms with Crippen LogP contribution in [0.25, 0.3) is 0 Å². The second-order valence-electron chi connectivity index (χ2n) is 3.35. The molecule has 1 aromatic carbocycles. The first-order valence-corrected chi connectivity index (χ1v) is 4.72. The summed E-state index contributed by atoms with van der Waals surface area (Å²) in [6.45, 7) is 5.89. The number of benzene rings is 1. The molecule has 0 atom stereocenters. The fourth-order valence-electron chi connectivity index (χ4n) is 1.46. The Bertz CT molecular complexity index is 335. The molecule has 1 aromatic rings. The topological polar surface area (TPSA) is 52.5 Å². The number of nitrogens with one attached hydrogen (secondary N) is 1. The van der Waals surface area contributed by atoms with E-state index < -0.39 is 0 Å². The van der Waals surface area contributed by atoms with E-state index in [0.717, 1.165) is 16.7 Å². The molecule has 0 radical (unpaired) electrons. The number of aromatic hydroxyl groups is 1. The summed E-state index contributed by atoms with van der Waals surface area (Å²) >= 11 is 5.94. The van der Waals surface area contributed by atoms with E-state index in [1.54, 1.807) is 0 Å². The summed E-state index contributed by atoms with van der Waals surface area (Å²) in [5, 5.41) is 18.7. The fraction of sp³-hybridized carbons (Fsp3) is 0.400. The largest absolute Gasteiger partial charge is 0.506 e.